The third-order valence-electron chi connectivity index (χ3n) is 6.40. The molecule has 2 unspecified atom stereocenters. The number of thiazole rings is 1. The van der Waals surface area contributed by atoms with E-state index in [1.54, 1.807) is 48.2 Å². The van der Waals surface area contributed by atoms with Gasteiger partial charge in [-0.15, -0.1) is 21.5 Å². The zero-order valence-electron chi connectivity index (χ0n) is 22.4. The highest BCUT2D eigenvalue weighted by molar-refractivity contribution is 7.87. The van der Waals surface area contributed by atoms with Crippen molar-refractivity contribution in [1.29, 1.82) is 0 Å². The number of aliphatic hydroxyl groups is 1. The number of nitrogens with zero attached hydrogens (tertiary/aromatic N) is 4. The molecule has 1 aliphatic heterocycles. The van der Waals surface area contributed by atoms with Crippen molar-refractivity contribution in [3.63, 3.8) is 0 Å². The predicted octanol–water partition coefficient (Wildman–Crippen LogP) is 2.64. The van der Waals surface area contributed by atoms with Crippen molar-refractivity contribution in [2.75, 3.05) is 18.8 Å². The van der Waals surface area contributed by atoms with Crippen LogP contribution in [0.5, 0.6) is 0 Å². The second-order valence-corrected chi connectivity index (χ2v) is 14.3. The minimum absolute atomic E-state index is 0.163. The number of alkyl halides is 3. The first-order chi connectivity index (χ1) is 20.1. The van der Waals surface area contributed by atoms with Crippen LogP contribution in [0.15, 0.2) is 46.9 Å². The summed E-state index contributed by atoms with van der Waals surface area (Å²) in [6.07, 6.45) is -5.87. The fourth-order valence-corrected chi connectivity index (χ4v) is 7.48. The molecule has 12 nitrogen and oxygen atoms in total. The molecule has 0 saturated carbocycles. The van der Waals surface area contributed by atoms with Gasteiger partial charge in [-0.1, -0.05) is 18.2 Å². The van der Waals surface area contributed by atoms with Gasteiger partial charge < -0.3 is 14.4 Å². The van der Waals surface area contributed by atoms with Crippen LogP contribution >= 0.6 is 11.3 Å². The first-order valence-corrected chi connectivity index (χ1v) is 16.4. The summed E-state index contributed by atoms with van der Waals surface area (Å²) in [5.74, 6) is -1.49. The zero-order chi connectivity index (χ0) is 31.2. The molecule has 2 aromatic heterocycles. The van der Waals surface area contributed by atoms with Crippen molar-refractivity contribution in [3.05, 3.63) is 64.8 Å². The second kappa shape index (κ2) is 11.7. The maximum Gasteiger partial charge on any atom is 0.390 e. The van der Waals surface area contributed by atoms with Crippen molar-refractivity contribution in [3.8, 4) is 11.1 Å². The lowest BCUT2D eigenvalue weighted by Crippen LogP contribution is -2.61. The first-order valence-electron chi connectivity index (χ1n) is 12.6. The molecule has 2 aromatic carbocycles. The van der Waals surface area contributed by atoms with Crippen LogP contribution in [0.25, 0.3) is 21.3 Å². The molecule has 1 amide bonds. The van der Waals surface area contributed by atoms with E-state index in [1.165, 1.54) is 0 Å². The summed E-state index contributed by atoms with van der Waals surface area (Å²) in [4.78, 5) is 18.9. The van der Waals surface area contributed by atoms with Gasteiger partial charge in [0.25, 0.3) is 16.1 Å². The average Bonchev–Trinajstić information content (AvgIpc) is 3.55. The summed E-state index contributed by atoms with van der Waals surface area (Å²) < 4.78 is 82.4. The largest absolute Gasteiger partial charge is 0.422 e. The monoisotopic (exact) mass is 658 g/mol. The molecule has 5 rings (SSSR count). The van der Waals surface area contributed by atoms with E-state index in [-0.39, 0.29) is 35.8 Å². The number of fused-ring (bicyclic) bond motifs is 1. The van der Waals surface area contributed by atoms with Crippen molar-refractivity contribution in [1.82, 2.24) is 24.8 Å². The lowest BCUT2D eigenvalue weighted by Gasteiger charge is -2.44. The quantitative estimate of drug-likeness (QED) is 0.231. The van der Waals surface area contributed by atoms with Gasteiger partial charge >= 0.3 is 6.18 Å². The molecule has 0 bridgehead atoms. The number of carbonyl (C=O) groups is 1. The molecule has 4 N–H and O–H groups in total. The smallest absolute Gasteiger partial charge is 0.390 e. The molecular weight excluding hydrogens is 634 g/mol. The number of carbonyl (C=O) groups excluding carboxylic acids is 1. The summed E-state index contributed by atoms with van der Waals surface area (Å²) in [5, 5.41) is 21.2. The molecule has 1 fully saturated rings. The van der Waals surface area contributed by atoms with Crippen LogP contribution in [0.1, 0.15) is 45.7 Å². The minimum Gasteiger partial charge on any atom is -0.422 e. The van der Waals surface area contributed by atoms with Gasteiger partial charge in [0.2, 0.25) is 11.8 Å². The van der Waals surface area contributed by atoms with E-state index in [2.05, 4.69) is 15.2 Å². The Labute approximate surface area is 249 Å². The minimum atomic E-state index is -4.55. The van der Waals surface area contributed by atoms with Crippen molar-refractivity contribution < 1.29 is 40.1 Å². The number of nitrogens with one attached hydrogen (secondary N) is 1. The van der Waals surface area contributed by atoms with E-state index in [0.717, 1.165) is 22.5 Å². The second-order valence-electron chi connectivity index (χ2n) is 10.2. The van der Waals surface area contributed by atoms with Crippen molar-refractivity contribution in [2.24, 2.45) is 5.14 Å². The fraction of sp³-hybridized carbons (Fsp3) is 0.360. The summed E-state index contributed by atoms with van der Waals surface area (Å²) in [7, 11) is -6.28. The van der Waals surface area contributed by atoms with Crippen molar-refractivity contribution in [2.45, 2.75) is 36.9 Å². The van der Waals surface area contributed by atoms with Gasteiger partial charge in [0.15, 0.2) is 5.25 Å². The zero-order valence-corrected chi connectivity index (χ0v) is 24.8. The topological polar surface area (TPSA) is 182 Å². The van der Waals surface area contributed by atoms with Gasteiger partial charge in [0.1, 0.15) is 5.01 Å². The molecule has 2 atom stereocenters. The molecule has 43 heavy (non-hydrogen) atoms. The summed E-state index contributed by atoms with van der Waals surface area (Å²) in [6.45, 7) is 1.66. The number of halogens is 3. The summed E-state index contributed by atoms with van der Waals surface area (Å²) in [5.41, 5.74) is 1.48. The Morgan fingerprint density at radius 3 is 2.63 bits per heavy atom. The number of β-amino-alcohol motifs (C(OH)–C–C–N with tert-alkyl or cyclic N) is 1. The molecule has 0 radical (unpaired) electrons. The molecular formula is C25H25F3N6O6S3. The van der Waals surface area contributed by atoms with Crippen LogP contribution in [0.4, 0.5) is 13.2 Å². The number of nitrogens with two attached hydrogens (primary N) is 1. The highest BCUT2D eigenvalue weighted by atomic mass is 32.2. The van der Waals surface area contributed by atoms with Gasteiger partial charge in [-0.2, -0.15) is 26.3 Å². The van der Waals surface area contributed by atoms with E-state index < -0.39 is 56.8 Å². The molecule has 3 heterocycles. The van der Waals surface area contributed by atoms with E-state index in [9.17, 15) is 35.7 Å². The number of amides is 1. The van der Waals surface area contributed by atoms with E-state index in [0.29, 0.717) is 15.8 Å². The highest BCUT2D eigenvalue weighted by Crippen LogP contribution is 2.37. The van der Waals surface area contributed by atoms with Crippen LogP contribution in [0, 0.1) is 0 Å². The number of hydrogen-bond acceptors (Lipinski definition) is 10. The van der Waals surface area contributed by atoms with Crippen molar-refractivity contribution >= 4 is 48.5 Å². The SMILES string of the molecule is CC1(O)CN(C(=O)c2cccc(-c3ccc4nc(C(c5nnc(CNS(N)(=O)=O)o5)S(=O)CCC(F)(F)F)sc4c3)c2)C1. The van der Waals surface area contributed by atoms with Crippen LogP contribution in [0.3, 0.4) is 0 Å². The van der Waals surface area contributed by atoms with Gasteiger partial charge in [0.05, 0.1) is 41.9 Å². The summed E-state index contributed by atoms with van der Waals surface area (Å²) >= 11 is 1.08. The van der Waals surface area contributed by atoms with Gasteiger partial charge in [0, 0.05) is 22.1 Å². The highest BCUT2D eigenvalue weighted by Gasteiger charge is 2.39. The molecule has 1 saturated heterocycles. The number of rotatable bonds is 10. The Morgan fingerprint density at radius 2 is 1.95 bits per heavy atom. The van der Waals surface area contributed by atoms with Crippen LogP contribution < -0.4 is 9.86 Å². The lowest BCUT2D eigenvalue weighted by atomic mass is 9.95. The van der Waals surface area contributed by atoms with E-state index in [4.69, 9.17) is 9.56 Å². The van der Waals surface area contributed by atoms with Crippen LogP contribution in [0.2, 0.25) is 0 Å². The average molecular weight is 659 g/mol. The summed E-state index contributed by atoms with van der Waals surface area (Å²) in [6, 6.07) is 12.2. The molecule has 230 valence electrons. The molecule has 0 spiro atoms. The van der Waals surface area contributed by atoms with Gasteiger partial charge in [-0.25, -0.2) is 10.1 Å². The third-order valence-corrected chi connectivity index (χ3v) is 9.74. The molecule has 4 aromatic rings. The van der Waals surface area contributed by atoms with Crippen LogP contribution in [-0.4, -0.2) is 74.3 Å². The molecule has 1 aliphatic rings. The van der Waals surface area contributed by atoms with E-state index in [1.807, 2.05) is 10.8 Å². The predicted molar refractivity (Wildman–Crippen MR) is 151 cm³/mol. The fourth-order valence-electron chi connectivity index (χ4n) is 4.44. The van der Waals surface area contributed by atoms with Gasteiger partial charge in [-0.05, 0) is 42.3 Å². The van der Waals surface area contributed by atoms with E-state index >= 15 is 0 Å². The third kappa shape index (κ3) is 7.63. The Kier molecular flexibility index (Phi) is 8.45. The maximum atomic E-state index is 13.2. The van der Waals surface area contributed by atoms with Crippen LogP contribution in [-0.2, 0) is 27.6 Å². The normalized spacial score (nSPS) is 16.7. The van der Waals surface area contributed by atoms with Gasteiger partial charge in [-0.3, -0.25) is 9.00 Å². The number of hydrogen-bond donors (Lipinski definition) is 3. The molecule has 0 aliphatic carbocycles. The number of likely N-dealkylation sites (tertiary alicyclic amines) is 1. The Bertz CT molecular complexity index is 1800. The first kappa shape index (κ1) is 31.1. The Hall–Kier alpha value is -3.29. The molecule has 18 heteroatoms. The number of benzene rings is 2. The Morgan fingerprint density at radius 1 is 1.23 bits per heavy atom. The standard InChI is InChI=1S/C25H25F3N6O6S3/c1-24(36)12-34(13-24)23(35)16-4-2-3-14(9-16)15-5-6-17-18(10-15)41-22(31-17)20(42(37)8-7-25(26,27)28)21-33-32-19(40-21)11-30-43(29,38)39/h2-6,9-10,20,30,36H,7-8,11-13H2,1H3,(H2,29,38,39). The Balaban J connectivity index is 1.44. The maximum absolute atomic E-state index is 13.2. The lowest BCUT2D eigenvalue weighted by molar-refractivity contribution is -0.129. The number of aromatic nitrogens is 3.